The van der Waals surface area contributed by atoms with Gasteiger partial charge in [-0.3, -0.25) is 4.90 Å². The van der Waals surface area contributed by atoms with E-state index < -0.39 is 12.0 Å². The number of tetrazole rings is 1. The Balaban J connectivity index is 0.00000242. The monoisotopic (exact) mass is 621 g/mol. The van der Waals surface area contributed by atoms with Gasteiger partial charge < -0.3 is 4.74 Å². The fourth-order valence-electron chi connectivity index (χ4n) is 6.26. The molecule has 4 aromatic rings. The maximum Gasteiger partial charge on any atom is 0.453 e. The van der Waals surface area contributed by atoms with Crippen molar-refractivity contribution in [2.24, 2.45) is 5.92 Å². The van der Waals surface area contributed by atoms with E-state index in [0.29, 0.717) is 12.2 Å². The molecule has 0 saturated carbocycles. The summed E-state index contributed by atoms with van der Waals surface area (Å²) in [6, 6.07) is 26.4. The number of piperidine rings is 1. The largest absolute Gasteiger partial charge is 0.496 e. The average molecular weight is 623 g/mol. The molecule has 2 atom stereocenters. The molecule has 6 nitrogen and oxygen atoms in total. The first-order valence-electron chi connectivity index (χ1n) is 13.4. The second kappa shape index (κ2) is 13.4. The molecule has 5 rings (SSSR count). The highest BCUT2D eigenvalue weighted by Crippen LogP contribution is 2.44. The van der Waals surface area contributed by atoms with Gasteiger partial charge in [0.05, 0.1) is 12.8 Å². The van der Waals surface area contributed by atoms with Crippen molar-refractivity contribution < 1.29 is 17.9 Å². The van der Waals surface area contributed by atoms with E-state index in [4.69, 9.17) is 4.74 Å². The van der Waals surface area contributed by atoms with Gasteiger partial charge in [0, 0.05) is 17.5 Å². The van der Waals surface area contributed by atoms with Crippen LogP contribution in [0.3, 0.4) is 0 Å². The second-order valence-corrected chi connectivity index (χ2v) is 11.2. The van der Waals surface area contributed by atoms with Gasteiger partial charge in [0.25, 0.3) is 5.82 Å². The van der Waals surface area contributed by atoms with Gasteiger partial charge in [-0.2, -0.15) is 17.9 Å². The van der Waals surface area contributed by atoms with Crippen LogP contribution in [0.15, 0.2) is 78.9 Å². The molecular formula is C31H36Cl2F3N5O. The highest BCUT2D eigenvalue weighted by molar-refractivity contribution is 5.85. The molecule has 1 fully saturated rings. The first-order valence-corrected chi connectivity index (χ1v) is 13.4. The Morgan fingerprint density at radius 1 is 0.952 bits per heavy atom. The van der Waals surface area contributed by atoms with Crippen LogP contribution in [0.2, 0.25) is 0 Å². The van der Waals surface area contributed by atoms with Gasteiger partial charge in [-0.25, -0.2) is 0 Å². The average Bonchev–Trinajstić information content (AvgIpc) is 3.44. The molecule has 2 heterocycles. The number of hydrogen-bond donors (Lipinski definition) is 0. The minimum absolute atomic E-state index is 0. The first kappa shape index (κ1) is 33.4. The summed E-state index contributed by atoms with van der Waals surface area (Å²) in [6.45, 7) is 4.53. The van der Waals surface area contributed by atoms with Crippen molar-refractivity contribution in [3.63, 3.8) is 0 Å². The van der Waals surface area contributed by atoms with Crippen molar-refractivity contribution in [1.82, 2.24) is 25.1 Å². The molecule has 1 aromatic heterocycles. The van der Waals surface area contributed by atoms with Crippen molar-refractivity contribution in [2.45, 2.75) is 56.8 Å². The highest BCUT2D eigenvalue weighted by atomic mass is 35.5. The molecule has 0 spiro atoms. The molecule has 11 heteroatoms. The van der Waals surface area contributed by atoms with E-state index in [2.05, 4.69) is 89.9 Å². The quantitative estimate of drug-likeness (QED) is 0.215. The van der Waals surface area contributed by atoms with Crippen molar-refractivity contribution in [3.05, 3.63) is 101 Å². The smallest absolute Gasteiger partial charge is 0.453 e. The Morgan fingerprint density at radius 2 is 1.55 bits per heavy atom. The van der Waals surface area contributed by atoms with E-state index >= 15 is 0 Å². The first-order chi connectivity index (χ1) is 19.1. The third-order valence-corrected chi connectivity index (χ3v) is 8.26. The van der Waals surface area contributed by atoms with E-state index in [-0.39, 0.29) is 53.9 Å². The predicted octanol–water partition coefficient (Wildman–Crippen LogP) is 7.40. The summed E-state index contributed by atoms with van der Waals surface area (Å²) < 4.78 is 46.9. The van der Waals surface area contributed by atoms with Gasteiger partial charge in [-0.05, 0) is 91.4 Å². The second-order valence-electron chi connectivity index (χ2n) is 11.2. The van der Waals surface area contributed by atoms with E-state index in [1.807, 2.05) is 12.1 Å². The van der Waals surface area contributed by atoms with Gasteiger partial charge in [-0.1, -0.05) is 60.7 Å². The number of likely N-dealkylation sites (tertiary alicyclic amines) is 1. The molecule has 2 unspecified atom stereocenters. The summed E-state index contributed by atoms with van der Waals surface area (Å²) in [5.41, 5.74) is 3.52. The van der Waals surface area contributed by atoms with E-state index in [1.54, 1.807) is 25.3 Å². The molecular weight excluding hydrogens is 586 g/mol. The van der Waals surface area contributed by atoms with Crippen LogP contribution < -0.4 is 4.74 Å². The molecule has 0 N–H and O–H groups in total. The number of benzene rings is 3. The summed E-state index contributed by atoms with van der Waals surface area (Å²) in [4.78, 5) is 2.50. The van der Waals surface area contributed by atoms with Gasteiger partial charge in [0.2, 0.25) is 0 Å². The van der Waals surface area contributed by atoms with Crippen molar-refractivity contribution in [3.8, 4) is 11.4 Å². The molecule has 42 heavy (non-hydrogen) atoms. The van der Waals surface area contributed by atoms with Gasteiger partial charge >= 0.3 is 6.18 Å². The number of halogens is 5. The molecule has 0 radical (unpaired) electrons. The summed E-state index contributed by atoms with van der Waals surface area (Å²) in [5.74, 6) is -0.0801. The molecule has 0 aliphatic carbocycles. The minimum Gasteiger partial charge on any atom is -0.496 e. The Labute approximate surface area is 257 Å². The number of nitrogens with zero attached hydrogens (tertiary/aromatic N) is 5. The number of rotatable bonds is 7. The molecule has 1 aliphatic rings. The van der Waals surface area contributed by atoms with Crippen LogP contribution in [0.5, 0.6) is 5.75 Å². The van der Waals surface area contributed by atoms with E-state index in [9.17, 15) is 13.2 Å². The van der Waals surface area contributed by atoms with Crippen LogP contribution in [-0.2, 0) is 12.6 Å². The molecule has 0 amide bonds. The summed E-state index contributed by atoms with van der Waals surface area (Å²) in [7, 11) is 3.79. The lowest BCUT2D eigenvalue weighted by Gasteiger charge is -2.51. The number of aromatic nitrogens is 4. The van der Waals surface area contributed by atoms with E-state index in [1.165, 1.54) is 11.1 Å². The summed E-state index contributed by atoms with van der Waals surface area (Å²) >= 11 is 0. The Hall–Kier alpha value is -3.14. The topological polar surface area (TPSA) is 56.1 Å². The lowest BCUT2D eigenvalue weighted by atomic mass is 9.71. The Kier molecular flexibility index (Phi) is 10.7. The normalized spacial score (nSPS) is 18.7. The highest BCUT2D eigenvalue weighted by Gasteiger charge is 2.43. The maximum atomic E-state index is 13.5. The van der Waals surface area contributed by atoms with Crippen LogP contribution in [0, 0.1) is 5.92 Å². The van der Waals surface area contributed by atoms with Crippen LogP contribution in [0.4, 0.5) is 13.2 Å². The van der Waals surface area contributed by atoms with Gasteiger partial charge in [-0.15, -0.1) is 29.9 Å². The summed E-state index contributed by atoms with van der Waals surface area (Å²) in [5, 5.41) is 10.1. The van der Waals surface area contributed by atoms with Crippen molar-refractivity contribution in [2.75, 3.05) is 14.2 Å². The van der Waals surface area contributed by atoms with Gasteiger partial charge in [0.1, 0.15) is 5.75 Å². The molecule has 1 aliphatic heterocycles. The molecule has 226 valence electrons. The third kappa shape index (κ3) is 6.90. The van der Waals surface area contributed by atoms with Crippen LogP contribution in [-0.4, -0.2) is 50.8 Å². The zero-order valence-corrected chi connectivity index (χ0v) is 25.6. The lowest BCUT2D eigenvalue weighted by Crippen LogP contribution is -2.55. The van der Waals surface area contributed by atoms with E-state index in [0.717, 1.165) is 23.1 Å². The lowest BCUT2D eigenvalue weighted by molar-refractivity contribution is -0.146. The third-order valence-electron chi connectivity index (χ3n) is 8.26. The number of alkyl halides is 3. The number of hydrogen-bond acceptors (Lipinski definition) is 5. The van der Waals surface area contributed by atoms with Crippen LogP contribution >= 0.6 is 24.8 Å². The minimum atomic E-state index is -4.67. The van der Waals surface area contributed by atoms with Crippen molar-refractivity contribution in [1.29, 1.82) is 0 Å². The maximum absolute atomic E-state index is 13.5. The van der Waals surface area contributed by atoms with Crippen LogP contribution in [0.25, 0.3) is 5.69 Å². The molecule has 1 saturated heterocycles. The summed E-state index contributed by atoms with van der Waals surface area (Å²) in [6.07, 6.45) is -2.16. The standard InChI is InChI=1S/C31H34F3N5O.2ClH/c1-30(2)20-21(17-24-19-25(15-16-27(24)40-4)39-29(31(32,33)34)35-36-37-39)18-26(38(30)3)28(22-11-7-5-8-12-22)23-13-9-6-10-14-23;;/h5-16,19,21,26,28H,17-18,20H2,1-4H3;2*1H. The van der Waals surface area contributed by atoms with Crippen LogP contribution in [0.1, 0.15) is 55.1 Å². The molecule has 3 aromatic carbocycles. The van der Waals surface area contributed by atoms with Crippen molar-refractivity contribution >= 4 is 24.8 Å². The number of likely N-dealkylation sites (N-methyl/N-ethyl adjacent to an activating group) is 1. The number of methoxy groups -OCH3 is 1. The predicted molar refractivity (Wildman–Crippen MR) is 162 cm³/mol. The zero-order valence-electron chi connectivity index (χ0n) is 24.0. The zero-order chi connectivity index (χ0) is 28.5. The number of ether oxygens (including phenoxy) is 1. The Bertz CT molecular complexity index is 1390. The molecule has 0 bridgehead atoms. The van der Waals surface area contributed by atoms with Gasteiger partial charge in [0.15, 0.2) is 0 Å². The fourth-order valence-corrected chi connectivity index (χ4v) is 6.26. The SMILES string of the molecule is COc1ccc(-n2nnnc2C(F)(F)F)cc1CC1CC(C(c2ccccc2)c2ccccc2)N(C)C(C)(C)C1.Cl.Cl. The Morgan fingerprint density at radius 3 is 2.10 bits per heavy atom. The fraction of sp³-hybridized carbons (Fsp3) is 0.387.